The van der Waals surface area contributed by atoms with E-state index < -0.39 is 0 Å². The van der Waals surface area contributed by atoms with Gasteiger partial charge in [0.1, 0.15) is 6.54 Å². The molecule has 1 rings (SSSR count). The molecular formula is C10H17N3O2. The highest BCUT2D eigenvalue weighted by Gasteiger charge is 2.08. The first-order chi connectivity index (χ1) is 7.04. The van der Waals surface area contributed by atoms with Crippen LogP contribution in [0.4, 0.5) is 0 Å². The van der Waals surface area contributed by atoms with Crippen LogP contribution >= 0.6 is 0 Å². The molecule has 1 heterocycles. The van der Waals surface area contributed by atoms with Gasteiger partial charge in [-0.15, -0.1) is 0 Å². The average Bonchev–Trinajstić information content (AvgIpc) is 2.49. The number of nitrogens with zero attached hydrogens (tertiary/aromatic N) is 2. The van der Waals surface area contributed by atoms with Crippen molar-refractivity contribution in [3.63, 3.8) is 0 Å². The van der Waals surface area contributed by atoms with Gasteiger partial charge in [0.15, 0.2) is 0 Å². The minimum atomic E-state index is -0.172. The Kier molecular flexibility index (Phi) is 3.71. The predicted molar refractivity (Wildman–Crippen MR) is 57.6 cm³/mol. The van der Waals surface area contributed by atoms with Crippen LogP contribution in [-0.2, 0) is 18.4 Å². The maximum Gasteiger partial charge on any atom is 0.328 e. The monoisotopic (exact) mass is 211 g/mol. The summed E-state index contributed by atoms with van der Waals surface area (Å²) in [7, 11) is 1.66. The Morgan fingerprint density at radius 1 is 1.53 bits per heavy atom. The largest absolute Gasteiger partial charge is 0.352 e. The summed E-state index contributed by atoms with van der Waals surface area (Å²) in [4.78, 5) is 22.9. The summed E-state index contributed by atoms with van der Waals surface area (Å²) in [6, 6.07) is 0.150. The lowest BCUT2D eigenvalue weighted by Crippen LogP contribution is -2.37. The molecule has 5 nitrogen and oxygen atoms in total. The van der Waals surface area contributed by atoms with Gasteiger partial charge in [-0.1, -0.05) is 6.92 Å². The molecule has 0 saturated heterocycles. The lowest BCUT2D eigenvalue weighted by molar-refractivity contribution is -0.122. The molecule has 1 amide bonds. The molecule has 1 N–H and O–H groups in total. The predicted octanol–water partition coefficient (Wildman–Crippen LogP) is 0.101. The van der Waals surface area contributed by atoms with E-state index in [0.29, 0.717) is 0 Å². The minimum Gasteiger partial charge on any atom is -0.352 e. The highest BCUT2D eigenvalue weighted by atomic mass is 16.2. The molecular weight excluding hydrogens is 194 g/mol. The van der Waals surface area contributed by atoms with Crippen LogP contribution in [0, 0.1) is 0 Å². The number of aromatic nitrogens is 2. The summed E-state index contributed by atoms with van der Waals surface area (Å²) >= 11 is 0. The van der Waals surface area contributed by atoms with Crippen molar-refractivity contribution in [3.8, 4) is 0 Å². The molecule has 1 unspecified atom stereocenters. The van der Waals surface area contributed by atoms with Crippen LogP contribution in [0.3, 0.4) is 0 Å². The molecule has 5 heteroatoms. The highest BCUT2D eigenvalue weighted by molar-refractivity contribution is 5.75. The third-order valence-electron chi connectivity index (χ3n) is 2.35. The smallest absolute Gasteiger partial charge is 0.328 e. The zero-order chi connectivity index (χ0) is 11.4. The van der Waals surface area contributed by atoms with E-state index in [2.05, 4.69) is 5.32 Å². The number of aryl methyl sites for hydroxylation is 1. The first-order valence-corrected chi connectivity index (χ1v) is 5.05. The Morgan fingerprint density at radius 3 is 2.67 bits per heavy atom. The summed E-state index contributed by atoms with van der Waals surface area (Å²) in [6.07, 6.45) is 4.13. The fourth-order valence-corrected chi connectivity index (χ4v) is 1.21. The van der Waals surface area contributed by atoms with Crippen molar-refractivity contribution < 1.29 is 4.79 Å². The molecule has 0 spiro atoms. The Balaban J connectivity index is 2.59. The number of hydrogen-bond donors (Lipinski definition) is 1. The van der Waals surface area contributed by atoms with E-state index in [4.69, 9.17) is 0 Å². The van der Waals surface area contributed by atoms with Crippen LogP contribution in [0.2, 0.25) is 0 Å². The fourth-order valence-electron chi connectivity index (χ4n) is 1.21. The second-order valence-corrected chi connectivity index (χ2v) is 3.70. The molecule has 0 aliphatic heterocycles. The van der Waals surface area contributed by atoms with E-state index in [1.54, 1.807) is 19.4 Å². The second kappa shape index (κ2) is 4.82. The summed E-state index contributed by atoms with van der Waals surface area (Å²) in [6.45, 7) is 4.02. The van der Waals surface area contributed by atoms with Gasteiger partial charge in [0.25, 0.3) is 0 Å². The molecule has 1 atom stereocenters. The van der Waals surface area contributed by atoms with Crippen molar-refractivity contribution in [2.24, 2.45) is 7.05 Å². The number of rotatable bonds is 4. The Morgan fingerprint density at radius 2 is 2.20 bits per heavy atom. The van der Waals surface area contributed by atoms with E-state index in [-0.39, 0.29) is 24.2 Å². The third-order valence-corrected chi connectivity index (χ3v) is 2.35. The SMILES string of the molecule is CCC(C)NC(=O)Cn1ccn(C)c1=O. The molecule has 0 aromatic carbocycles. The van der Waals surface area contributed by atoms with Gasteiger partial charge in [-0.25, -0.2) is 4.79 Å². The van der Waals surface area contributed by atoms with E-state index in [1.165, 1.54) is 9.13 Å². The first kappa shape index (κ1) is 11.6. The van der Waals surface area contributed by atoms with Gasteiger partial charge in [-0.05, 0) is 13.3 Å². The topological polar surface area (TPSA) is 56.0 Å². The molecule has 0 fully saturated rings. The maximum atomic E-state index is 11.5. The molecule has 0 bridgehead atoms. The Bertz CT molecular complexity index is 392. The van der Waals surface area contributed by atoms with Crippen LogP contribution in [0.5, 0.6) is 0 Å². The number of amides is 1. The van der Waals surface area contributed by atoms with Crippen molar-refractivity contribution in [3.05, 3.63) is 22.9 Å². The second-order valence-electron chi connectivity index (χ2n) is 3.70. The van der Waals surface area contributed by atoms with Crippen LogP contribution in [0.25, 0.3) is 0 Å². The zero-order valence-corrected chi connectivity index (χ0v) is 9.36. The summed E-state index contributed by atoms with van der Waals surface area (Å²) in [5, 5.41) is 2.81. The molecule has 0 saturated carbocycles. The summed E-state index contributed by atoms with van der Waals surface area (Å²) in [5.41, 5.74) is -0.172. The van der Waals surface area contributed by atoms with Gasteiger partial charge in [0.05, 0.1) is 0 Å². The van der Waals surface area contributed by atoms with E-state index >= 15 is 0 Å². The van der Waals surface area contributed by atoms with Crippen LogP contribution in [0.15, 0.2) is 17.2 Å². The molecule has 0 aliphatic carbocycles. The molecule has 15 heavy (non-hydrogen) atoms. The number of carbonyl (C=O) groups excluding carboxylic acids is 1. The minimum absolute atomic E-state index is 0.0873. The van der Waals surface area contributed by atoms with Gasteiger partial charge in [0, 0.05) is 25.5 Å². The van der Waals surface area contributed by atoms with E-state index in [0.717, 1.165) is 6.42 Å². The van der Waals surface area contributed by atoms with Crippen molar-refractivity contribution >= 4 is 5.91 Å². The van der Waals surface area contributed by atoms with Crippen molar-refractivity contribution in [1.29, 1.82) is 0 Å². The molecule has 84 valence electrons. The van der Waals surface area contributed by atoms with Crippen LogP contribution in [-0.4, -0.2) is 21.1 Å². The number of carbonyl (C=O) groups is 1. The van der Waals surface area contributed by atoms with Gasteiger partial charge in [-0.3, -0.25) is 9.36 Å². The normalized spacial score (nSPS) is 12.5. The Labute approximate surface area is 88.7 Å². The standard InChI is InChI=1S/C10H17N3O2/c1-4-8(2)11-9(14)7-13-6-5-12(3)10(13)15/h5-6,8H,4,7H2,1-3H3,(H,11,14). The van der Waals surface area contributed by atoms with Crippen molar-refractivity contribution in [2.45, 2.75) is 32.9 Å². The quantitative estimate of drug-likeness (QED) is 0.768. The molecule has 0 radical (unpaired) electrons. The Hall–Kier alpha value is -1.52. The van der Waals surface area contributed by atoms with Gasteiger partial charge < -0.3 is 9.88 Å². The molecule has 1 aromatic rings. The van der Waals surface area contributed by atoms with Crippen molar-refractivity contribution in [2.75, 3.05) is 0 Å². The molecule has 0 aliphatic rings. The average molecular weight is 211 g/mol. The molecule has 1 aromatic heterocycles. The van der Waals surface area contributed by atoms with Crippen LogP contribution in [0.1, 0.15) is 20.3 Å². The first-order valence-electron chi connectivity index (χ1n) is 5.05. The van der Waals surface area contributed by atoms with E-state index in [9.17, 15) is 9.59 Å². The van der Waals surface area contributed by atoms with Gasteiger partial charge in [-0.2, -0.15) is 0 Å². The lowest BCUT2D eigenvalue weighted by Gasteiger charge is -2.10. The van der Waals surface area contributed by atoms with Gasteiger partial charge >= 0.3 is 5.69 Å². The van der Waals surface area contributed by atoms with Gasteiger partial charge in [0.2, 0.25) is 5.91 Å². The van der Waals surface area contributed by atoms with Crippen molar-refractivity contribution in [1.82, 2.24) is 14.5 Å². The third kappa shape index (κ3) is 2.97. The number of imidazole rings is 1. The summed E-state index contributed by atoms with van der Waals surface area (Å²) < 4.78 is 2.83. The number of hydrogen-bond acceptors (Lipinski definition) is 2. The summed E-state index contributed by atoms with van der Waals surface area (Å²) in [5.74, 6) is -0.127. The maximum absolute atomic E-state index is 11.5. The number of nitrogens with one attached hydrogen (secondary N) is 1. The van der Waals surface area contributed by atoms with Crippen LogP contribution < -0.4 is 11.0 Å². The zero-order valence-electron chi connectivity index (χ0n) is 9.36. The lowest BCUT2D eigenvalue weighted by atomic mass is 10.2. The highest BCUT2D eigenvalue weighted by Crippen LogP contribution is 1.89. The van der Waals surface area contributed by atoms with E-state index in [1.807, 2.05) is 13.8 Å². The fraction of sp³-hybridized carbons (Fsp3) is 0.600.